The average Bonchev–Trinajstić information content (AvgIpc) is 3.31. The minimum atomic E-state index is -0.770. The molecule has 65 heavy (non-hydrogen) atoms. The summed E-state index contributed by atoms with van der Waals surface area (Å²) in [6, 6.07) is 0. The van der Waals surface area contributed by atoms with E-state index in [1.807, 2.05) is 0 Å². The van der Waals surface area contributed by atoms with Gasteiger partial charge in [0.25, 0.3) is 0 Å². The van der Waals surface area contributed by atoms with Crippen LogP contribution in [0.5, 0.6) is 0 Å². The quantitative estimate of drug-likeness (QED) is 0.0374. The number of ether oxygens (including phenoxy) is 2. The van der Waals surface area contributed by atoms with Crippen LogP contribution in [0.2, 0.25) is 0 Å². The highest BCUT2D eigenvalue weighted by Gasteiger charge is 2.16. The maximum absolute atomic E-state index is 12.3. The fourth-order valence-corrected chi connectivity index (χ4v) is 8.35. The van der Waals surface area contributed by atoms with Crippen molar-refractivity contribution in [3.8, 4) is 0 Å². The number of aliphatic hydroxyl groups is 1. The van der Waals surface area contributed by atoms with Gasteiger partial charge in [-0.15, -0.1) is 0 Å². The van der Waals surface area contributed by atoms with E-state index in [-0.39, 0.29) is 25.2 Å². The van der Waals surface area contributed by atoms with Crippen LogP contribution in [-0.4, -0.2) is 36.4 Å². The van der Waals surface area contributed by atoms with Crippen molar-refractivity contribution in [3.05, 3.63) is 60.8 Å². The van der Waals surface area contributed by atoms with Crippen molar-refractivity contribution in [2.75, 3.05) is 13.2 Å². The van der Waals surface area contributed by atoms with Crippen LogP contribution < -0.4 is 0 Å². The Labute approximate surface area is 404 Å². The maximum atomic E-state index is 12.3. The number of hydrogen-bond donors (Lipinski definition) is 1. The molecule has 1 N–H and O–H groups in total. The molecule has 0 spiro atoms. The zero-order valence-corrected chi connectivity index (χ0v) is 43.3. The van der Waals surface area contributed by atoms with Gasteiger partial charge >= 0.3 is 11.9 Å². The molecule has 0 aromatic rings. The van der Waals surface area contributed by atoms with Crippen LogP contribution in [-0.2, 0) is 19.1 Å². The second kappa shape index (κ2) is 55.9. The van der Waals surface area contributed by atoms with Crippen LogP contribution in [0.1, 0.15) is 290 Å². The Morgan fingerprint density at radius 1 is 0.369 bits per heavy atom. The lowest BCUT2D eigenvalue weighted by atomic mass is 10.0. The van der Waals surface area contributed by atoms with E-state index in [9.17, 15) is 14.7 Å². The Kier molecular flexibility index (Phi) is 53.9. The predicted octanol–water partition coefficient (Wildman–Crippen LogP) is 19.0. The van der Waals surface area contributed by atoms with Crippen molar-refractivity contribution >= 4 is 11.9 Å². The monoisotopic (exact) mass is 909 g/mol. The van der Waals surface area contributed by atoms with Gasteiger partial charge in [0.15, 0.2) is 6.10 Å². The van der Waals surface area contributed by atoms with Gasteiger partial charge in [-0.2, -0.15) is 0 Å². The fraction of sp³-hybridized carbons (Fsp3) is 0.800. The van der Waals surface area contributed by atoms with Crippen LogP contribution in [0.4, 0.5) is 0 Å². The van der Waals surface area contributed by atoms with E-state index in [4.69, 9.17) is 9.47 Å². The Morgan fingerprint density at radius 2 is 0.662 bits per heavy atom. The summed E-state index contributed by atoms with van der Waals surface area (Å²) < 4.78 is 10.7. The number of carbonyl (C=O) groups is 2. The first-order chi connectivity index (χ1) is 32.1. The summed E-state index contributed by atoms with van der Waals surface area (Å²) in [5.74, 6) is -0.575. The van der Waals surface area contributed by atoms with Gasteiger partial charge in [0.05, 0.1) is 6.61 Å². The molecule has 0 bridgehead atoms. The molecule has 0 rings (SSSR count). The van der Waals surface area contributed by atoms with Crippen molar-refractivity contribution in [3.63, 3.8) is 0 Å². The van der Waals surface area contributed by atoms with Gasteiger partial charge in [0.2, 0.25) is 0 Å². The first-order valence-electron chi connectivity index (χ1n) is 28.3. The number of carbonyl (C=O) groups excluding carboxylic acids is 2. The SMILES string of the molecule is CC/C=C\C/C=C\C/C=C\C/C=C\C/C=C\CCCCCCCCCCCCCCCCCCCC(=O)OC(CO)COC(=O)CCCCCCCCCCCCCCCCCCCC. The van der Waals surface area contributed by atoms with Gasteiger partial charge in [-0.1, -0.05) is 280 Å². The third-order valence-electron chi connectivity index (χ3n) is 12.6. The molecule has 0 aromatic heterocycles. The van der Waals surface area contributed by atoms with Crippen molar-refractivity contribution in [2.45, 2.75) is 296 Å². The lowest BCUT2D eigenvalue weighted by Crippen LogP contribution is -2.28. The number of esters is 2. The first kappa shape index (κ1) is 62.6. The molecule has 0 radical (unpaired) electrons. The van der Waals surface area contributed by atoms with E-state index in [0.717, 1.165) is 70.6 Å². The van der Waals surface area contributed by atoms with Crippen molar-refractivity contribution in [1.29, 1.82) is 0 Å². The molecule has 0 aliphatic rings. The molecule has 378 valence electrons. The minimum absolute atomic E-state index is 0.0615. The molecule has 0 aliphatic carbocycles. The van der Waals surface area contributed by atoms with Gasteiger partial charge in [0.1, 0.15) is 6.61 Å². The molecule has 0 saturated carbocycles. The third kappa shape index (κ3) is 54.1. The molecule has 1 unspecified atom stereocenters. The van der Waals surface area contributed by atoms with Crippen LogP contribution in [0.15, 0.2) is 60.8 Å². The molecule has 0 amide bonds. The number of hydrogen-bond acceptors (Lipinski definition) is 5. The van der Waals surface area contributed by atoms with Crippen LogP contribution >= 0.6 is 0 Å². The summed E-state index contributed by atoms with van der Waals surface area (Å²) in [6.07, 6.45) is 74.8. The summed E-state index contributed by atoms with van der Waals surface area (Å²) >= 11 is 0. The number of unbranched alkanes of at least 4 members (excludes halogenated alkanes) is 34. The van der Waals surface area contributed by atoms with E-state index in [0.29, 0.717) is 12.8 Å². The van der Waals surface area contributed by atoms with Crippen LogP contribution in [0.3, 0.4) is 0 Å². The lowest BCUT2D eigenvalue weighted by Gasteiger charge is -2.15. The number of rotatable bonds is 52. The molecule has 0 aliphatic heterocycles. The van der Waals surface area contributed by atoms with Gasteiger partial charge in [-0.05, 0) is 57.8 Å². The van der Waals surface area contributed by atoms with Gasteiger partial charge in [0, 0.05) is 12.8 Å². The van der Waals surface area contributed by atoms with E-state index >= 15 is 0 Å². The molecule has 0 heterocycles. The summed E-state index contributed by atoms with van der Waals surface area (Å²) in [7, 11) is 0. The van der Waals surface area contributed by atoms with E-state index in [1.54, 1.807) is 0 Å². The summed E-state index contributed by atoms with van der Waals surface area (Å²) in [5.41, 5.74) is 0. The largest absolute Gasteiger partial charge is 0.462 e. The molecular formula is C60H108O5. The van der Waals surface area contributed by atoms with E-state index in [1.165, 1.54) is 193 Å². The summed E-state index contributed by atoms with van der Waals surface area (Å²) in [5, 5.41) is 9.65. The number of aliphatic hydroxyl groups excluding tert-OH is 1. The highest BCUT2D eigenvalue weighted by molar-refractivity contribution is 5.70. The standard InChI is InChI=1S/C60H108O5/c1-3-5-7-9-11-13-15-17-19-21-23-24-25-26-27-28-29-30-31-32-33-34-35-36-37-39-41-43-45-47-49-51-53-55-60(63)65-58(56-61)57-64-59(62)54-52-50-48-46-44-42-40-38-22-20-18-16-14-12-10-8-6-4-2/h5,7,11,13,17,19,23-24,26-27,58,61H,3-4,6,8-10,12,14-16,18,20-22,25,28-57H2,1-2H3/b7-5-,13-11-,19-17-,24-23-,27-26-. The normalized spacial score (nSPS) is 12.6. The fourth-order valence-electron chi connectivity index (χ4n) is 8.35. The topological polar surface area (TPSA) is 72.8 Å². The molecule has 0 fully saturated rings. The van der Waals surface area contributed by atoms with Crippen molar-refractivity contribution in [1.82, 2.24) is 0 Å². The minimum Gasteiger partial charge on any atom is -0.462 e. The molecular weight excluding hydrogens is 801 g/mol. The first-order valence-corrected chi connectivity index (χ1v) is 28.3. The average molecular weight is 910 g/mol. The number of allylic oxidation sites excluding steroid dienone is 10. The third-order valence-corrected chi connectivity index (χ3v) is 12.6. The summed E-state index contributed by atoms with van der Waals surface area (Å²) in [6.45, 7) is 4.06. The van der Waals surface area contributed by atoms with Crippen LogP contribution in [0.25, 0.3) is 0 Å². The highest BCUT2D eigenvalue weighted by atomic mass is 16.6. The summed E-state index contributed by atoms with van der Waals surface area (Å²) in [4.78, 5) is 24.5. The second-order valence-corrected chi connectivity index (χ2v) is 19.0. The maximum Gasteiger partial charge on any atom is 0.306 e. The Morgan fingerprint density at radius 3 is 1.00 bits per heavy atom. The zero-order valence-electron chi connectivity index (χ0n) is 43.3. The molecule has 5 heteroatoms. The van der Waals surface area contributed by atoms with Crippen molar-refractivity contribution in [2.24, 2.45) is 0 Å². The van der Waals surface area contributed by atoms with Gasteiger partial charge in [-0.3, -0.25) is 9.59 Å². The Bertz CT molecular complexity index is 1120. The molecule has 5 nitrogen and oxygen atoms in total. The smallest absolute Gasteiger partial charge is 0.306 e. The van der Waals surface area contributed by atoms with Gasteiger partial charge in [-0.25, -0.2) is 0 Å². The van der Waals surface area contributed by atoms with Crippen LogP contribution in [0, 0.1) is 0 Å². The lowest BCUT2D eigenvalue weighted by molar-refractivity contribution is -0.161. The Balaban J connectivity index is 3.44. The zero-order chi connectivity index (χ0) is 47.0. The molecule has 0 aromatic carbocycles. The van der Waals surface area contributed by atoms with Gasteiger partial charge < -0.3 is 14.6 Å². The Hall–Kier alpha value is -2.40. The molecule has 1 atom stereocenters. The van der Waals surface area contributed by atoms with E-state index in [2.05, 4.69) is 74.6 Å². The second-order valence-electron chi connectivity index (χ2n) is 19.0. The molecule has 0 saturated heterocycles. The van der Waals surface area contributed by atoms with E-state index < -0.39 is 6.10 Å². The predicted molar refractivity (Wildman–Crippen MR) is 284 cm³/mol. The van der Waals surface area contributed by atoms with Crippen molar-refractivity contribution < 1.29 is 24.2 Å². The highest BCUT2D eigenvalue weighted by Crippen LogP contribution is 2.17.